The number of fused-ring (bicyclic) bond motifs is 7. The maximum Gasteiger partial charge on any atom is 0.136 e. The molecule has 11 aromatic rings. The van der Waals surface area contributed by atoms with E-state index >= 15 is 0 Å². The van der Waals surface area contributed by atoms with E-state index < -0.39 is 0 Å². The molecule has 2 nitrogen and oxygen atoms in total. The molecule has 0 amide bonds. The van der Waals surface area contributed by atoms with Crippen LogP contribution in [0.15, 0.2) is 205 Å². The Morgan fingerprint density at radius 2 is 1.02 bits per heavy atom. The Bertz CT molecular complexity index is 3200. The van der Waals surface area contributed by atoms with Gasteiger partial charge in [-0.2, -0.15) is 0 Å². The minimum Gasteiger partial charge on any atom is -0.456 e. The van der Waals surface area contributed by atoms with Crippen LogP contribution in [0.25, 0.3) is 86.3 Å². The third kappa shape index (κ3) is 5.40. The van der Waals surface area contributed by atoms with Gasteiger partial charge in [0.05, 0.1) is 10.4 Å². The lowest BCUT2D eigenvalue weighted by atomic mass is 9.96. The lowest BCUT2D eigenvalue weighted by Gasteiger charge is -2.27. The second-order valence-electron chi connectivity index (χ2n) is 14.1. The molecule has 3 heteroatoms. The van der Waals surface area contributed by atoms with Crippen molar-refractivity contribution >= 4 is 81.3 Å². The molecule has 11 rings (SSSR count). The Morgan fingerprint density at radius 3 is 1.89 bits per heavy atom. The fourth-order valence-electron chi connectivity index (χ4n) is 8.21. The molecule has 0 fully saturated rings. The number of hydrogen-bond acceptors (Lipinski definition) is 3. The molecule has 0 unspecified atom stereocenters. The van der Waals surface area contributed by atoms with Crippen molar-refractivity contribution in [2.24, 2.45) is 0 Å². The highest BCUT2D eigenvalue weighted by Crippen LogP contribution is 2.47. The lowest BCUT2D eigenvalue weighted by Crippen LogP contribution is -2.10. The van der Waals surface area contributed by atoms with Gasteiger partial charge in [-0.15, -0.1) is 11.3 Å². The third-order valence-corrected chi connectivity index (χ3v) is 12.1. The van der Waals surface area contributed by atoms with Gasteiger partial charge in [-0.3, -0.25) is 0 Å². The van der Waals surface area contributed by atoms with Crippen molar-refractivity contribution in [3.63, 3.8) is 0 Å². The average molecular weight is 720 g/mol. The number of thiophene rings is 1. The summed E-state index contributed by atoms with van der Waals surface area (Å²) in [7, 11) is 0. The first kappa shape index (κ1) is 31.6. The molecule has 9 aromatic carbocycles. The fraction of sp³-hybridized carbons (Fsp3) is 0. The molecule has 0 radical (unpaired) electrons. The van der Waals surface area contributed by atoms with Gasteiger partial charge in [0.25, 0.3) is 0 Å². The molecular formula is C52H33NOS. The molecule has 0 aliphatic rings. The Hall–Kier alpha value is -6.94. The molecule has 55 heavy (non-hydrogen) atoms. The summed E-state index contributed by atoms with van der Waals surface area (Å²) in [6.45, 7) is 0. The third-order valence-electron chi connectivity index (χ3n) is 10.8. The Balaban J connectivity index is 1.14. The van der Waals surface area contributed by atoms with Crippen LogP contribution < -0.4 is 4.90 Å². The van der Waals surface area contributed by atoms with Gasteiger partial charge in [0, 0.05) is 37.6 Å². The van der Waals surface area contributed by atoms with Crippen LogP contribution in [0.1, 0.15) is 0 Å². The highest BCUT2D eigenvalue weighted by Gasteiger charge is 2.20. The van der Waals surface area contributed by atoms with Crippen LogP contribution in [0.5, 0.6) is 0 Å². The molecule has 0 saturated carbocycles. The lowest BCUT2D eigenvalue weighted by molar-refractivity contribution is 0.669. The zero-order valence-electron chi connectivity index (χ0n) is 29.8. The van der Waals surface area contributed by atoms with Gasteiger partial charge in [0.1, 0.15) is 11.2 Å². The van der Waals surface area contributed by atoms with Crippen molar-refractivity contribution in [3.8, 4) is 33.4 Å². The van der Waals surface area contributed by atoms with Crippen LogP contribution in [-0.2, 0) is 0 Å². The standard InChI is InChI=1S/C52H33NOS/c1-2-12-34(13-3-1)38-30-39(37-26-29-45-44-17-6-8-22-49(44)54-50(45)33-37)32-41(31-38)53(48-21-11-20-47-46-18-7-9-23-51(46)55-52(47)48)40-27-24-36(25-28-40)43-19-10-15-35-14-4-5-16-42(35)43/h1-33H. The number of nitrogens with zero attached hydrogens (tertiary/aromatic N) is 1. The summed E-state index contributed by atoms with van der Waals surface area (Å²) in [5, 5.41) is 7.32. The molecule has 0 spiro atoms. The Labute approximate surface area is 322 Å². The summed E-state index contributed by atoms with van der Waals surface area (Å²) >= 11 is 1.86. The number of rotatable bonds is 6. The van der Waals surface area contributed by atoms with E-state index in [-0.39, 0.29) is 0 Å². The Morgan fingerprint density at radius 1 is 0.364 bits per heavy atom. The average Bonchev–Trinajstić information content (AvgIpc) is 3.83. The zero-order valence-corrected chi connectivity index (χ0v) is 30.6. The normalized spacial score (nSPS) is 11.6. The van der Waals surface area contributed by atoms with Crippen LogP contribution >= 0.6 is 11.3 Å². The predicted octanol–water partition coefficient (Wildman–Crippen LogP) is 15.6. The van der Waals surface area contributed by atoms with Gasteiger partial charge in [-0.05, 0) is 105 Å². The van der Waals surface area contributed by atoms with E-state index in [2.05, 4.69) is 193 Å². The van der Waals surface area contributed by atoms with Crippen molar-refractivity contribution in [1.82, 2.24) is 0 Å². The fourth-order valence-corrected chi connectivity index (χ4v) is 9.42. The van der Waals surface area contributed by atoms with Crippen LogP contribution in [0.2, 0.25) is 0 Å². The first-order chi connectivity index (χ1) is 27.2. The van der Waals surface area contributed by atoms with E-state index in [1.165, 1.54) is 47.6 Å². The van der Waals surface area contributed by atoms with Crippen LogP contribution in [0.4, 0.5) is 17.1 Å². The van der Waals surface area contributed by atoms with Gasteiger partial charge in [-0.1, -0.05) is 140 Å². The molecule has 2 aromatic heterocycles. The number of furan rings is 1. The second-order valence-corrected chi connectivity index (χ2v) is 15.2. The van der Waals surface area contributed by atoms with E-state index in [1.807, 2.05) is 23.5 Å². The molecule has 0 bridgehead atoms. The maximum atomic E-state index is 6.39. The summed E-state index contributed by atoms with van der Waals surface area (Å²) in [5.74, 6) is 0. The summed E-state index contributed by atoms with van der Waals surface area (Å²) < 4.78 is 8.94. The van der Waals surface area contributed by atoms with Gasteiger partial charge >= 0.3 is 0 Å². The summed E-state index contributed by atoms with van der Waals surface area (Å²) in [5.41, 5.74) is 12.1. The minimum absolute atomic E-state index is 0.890. The predicted molar refractivity (Wildman–Crippen MR) is 235 cm³/mol. The van der Waals surface area contributed by atoms with Crippen molar-refractivity contribution in [2.45, 2.75) is 0 Å². The van der Waals surface area contributed by atoms with Gasteiger partial charge < -0.3 is 9.32 Å². The Kier molecular flexibility index (Phi) is 7.39. The van der Waals surface area contributed by atoms with Crippen LogP contribution in [0, 0.1) is 0 Å². The largest absolute Gasteiger partial charge is 0.456 e. The first-order valence-electron chi connectivity index (χ1n) is 18.7. The van der Waals surface area contributed by atoms with Crippen molar-refractivity contribution in [1.29, 1.82) is 0 Å². The first-order valence-corrected chi connectivity index (χ1v) is 19.5. The van der Waals surface area contributed by atoms with E-state index in [0.29, 0.717) is 0 Å². The van der Waals surface area contributed by atoms with Gasteiger partial charge in [-0.25, -0.2) is 0 Å². The maximum absolute atomic E-state index is 6.39. The molecule has 0 N–H and O–H groups in total. The smallest absolute Gasteiger partial charge is 0.136 e. The van der Waals surface area contributed by atoms with Crippen LogP contribution in [0.3, 0.4) is 0 Å². The second kappa shape index (κ2) is 12.9. The summed E-state index contributed by atoms with van der Waals surface area (Å²) in [4.78, 5) is 2.44. The highest BCUT2D eigenvalue weighted by atomic mass is 32.1. The van der Waals surface area contributed by atoms with Crippen LogP contribution in [-0.4, -0.2) is 0 Å². The van der Waals surface area contributed by atoms with Gasteiger partial charge in [0.15, 0.2) is 0 Å². The summed E-state index contributed by atoms with van der Waals surface area (Å²) in [6.07, 6.45) is 0. The minimum atomic E-state index is 0.890. The monoisotopic (exact) mass is 719 g/mol. The van der Waals surface area contributed by atoms with Crippen molar-refractivity contribution < 1.29 is 4.42 Å². The molecule has 2 heterocycles. The number of benzene rings is 9. The van der Waals surface area contributed by atoms with E-state index in [4.69, 9.17) is 4.42 Å². The summed E-state index contributed by atoms with van der Waals surface area (Å²) in [6, 6.07) is 72.3. The quantitative estimate of drug-likeness (QED) is 0.170. The molecule has 0 atom stereocenters. The van der Waals surface area contributed by atoms with E-state index in [9.17, 15) is 0 Å². The van der Waals surface area contributed by atoms with Crippen molar-refractivity contribution in [2.75, 3.05) is 4.90 Å². The molecule has 258 valence electrons. The topological polar surface area (TPSA) is 16.4 Å². The molecular weight excluding hydrogens is 687 g/mol. The SMILES string of the molecule is c1ccc(-c2cc(-c3ccc4c(c3)oc3ccccc34)cc(N(c3ccc(-c4cccc5ccccc45)cc3)c3cccc4c3sc3ccccc34)c2)cc1. The highest BCUT2D eigenvalue weighted by molar-refractivity contribution is 7.26. The van der Waals surface area contributed by atoms with E-state index in [0.717, 1.165) is 55.7 Å². The van der Waals surface area contributed by atoms with Gasteiger partial charge in [0.2, 0.25) is 0 Å². The number of hydrogen-bond donors (Lipinski definition) is 0. The zero-order chi connectivity index (χ0) is 36.3. The number of anilines is 3. The van der Waals surface area contributed by atoms with E-state index in [1.54, 1.807) is 0 Å². The van der Waals surface area contributed by atoms with Crippen molar-refractivity contribution in [3.05, 3.63) is 200 Å². The molecule has 0 aliphatic heterocycles. The molecule has 0 aliphatic carbocycles. The molecule has 0 saturated heterocycles. The number of para-hydroxylation sites is 1.